The SMILES string of the molecule is O=C(O)CCC(Cc1ccccc1)NC(=O)CCc1ccsc1. The number of thiophene rings is 1. The highest BCUT2D eigenvalue weighted by atomic mass is 32.1. The van der Waals surface area contributed by atoms with Crippen LogP contribution in [0.4, 0.5) is 0 Å². The minimum absolute atomic E-state index is 0.0254. The number of hydrogen-bond acceptors (Lipinski definition) is 3. The molecule has 1 atom stereocenters. The second-order valence-corrected chi connectivity index (χ2v) is 6.30. The van der Waals surface area contributed by atoms with Gasteiger partial charge in [0, 0.05) is 18.9 Å². The summed E-state index contributed by atoms with van der Waals surface area (Å²) in [6, 6.07) is 11.7. The lowest BCUT2D eigenvalue weighted by atomic mass is 10.0. The molecule has 23 heavy (non-hydrogen) atoms. The number of aryl methyl sites for hydroxylation is 1. The minimum atomic E-state index is -0.837. The van der Waals surface area contributed by atoms with E-state index >= 15 is 0 Å². The molecule has 0 aliphatic carbocycles. The van der Waals surface area contributed by atoms with Gasteiger partial charge in [0.15, 0.2) is 0 Å². The molecule has 0 fully saturated rings. The van der Waals surface area contributed by atoms with Gasteiger partial charge in [-0.1, -0.05) is 30.3 Å². The molecule has 0 saturated heterocycles. The number of nitrogens with one attached hydrogen (secondary N) is 1. The highest BCUT2D eigenvalue weighted by Crippen LogP contribution is 2.10. The van der Waals surface area contributed by atoms with E-state index in [2.05, 4.69) is 5.32 Å². The first-order valence-corrected chi connectivity index (χ1v) is 8.64. The maximum absolute atomic E-state index is 12.1. The molecular formula is C18H21NO3S. The molecule has 2 aromatic rings. The van der Waals surface area contributed by atoms with Gasteiger partial charge in [0.05, 0.1) is 0 Å². The zero-order valence-electron chi connectivity index (χ0n) is 12.9. The molecule has 5 heteroatoms. The molecule has 0 aliphatic rings. The van der Waals surface area contributed by atoms with Crippen LogP contribution < -0.4 is 5.32 Å². The number of carboxylic acid groups (broad SMARTS) is 1. The number of benzene rings is 1. The number of carbonyl (C=O) groups is 2. The lowest BCUT2D eigenvalue weighted by molar-refractivity contribution is -0.137. The van der Waals surface area contributed by atoms with Crippen molar-refractivity contribution in [3.05, 3.63) is 58.3 Å². The lowest BCUT2D eigenvalue weighted by Gasteiger charge is -2.18. The minimum Gasteiger partial charge on any atom is -0.481 e. The maximum atomic E-state index is 12.1. The topological polar surface area (TPSA) is 66.4 Å². The molecule has 1 amide bonds. The monoisotopic (exact) mass is 331 g/mol. The molecule has 0 radical (unpaired) electrons. The van der Waals surface area contributed by atoms with Crippen molar-refractivity contribution in [3.63, 3.8) is 0 Å². The molecular weight excluding hydrogens is 310 g/mol. The molecule has 0 bridgehead atoms. The Kier molecular flexibility index (Phi) is 6.81. The van der Waals surface area contributed by atoms with Crippen LogP contribution in [-0.4, -0.2) is 23.0 Å². The summed E-state index contributed by atoms with van der Waals surface area (Å²) in [5, 5.41) is 15.9. The average Bonchev–Trinajstić information content (AvgIpc) is 3.05. The van der Waals surface area contributed by atoms with Crippen molar-refractivity contribution in [2.45, 2.75) is 38.1 Å². The molecule has 1 heterocycles. The van der Waals surface area contributed by atoms with Crippen molar-refractivity contribution in [3.8, 4) is 0 Å². The van der Waals surface area contributed by atoms with Gasteiger partial charge >= 0.3 is 5.97 Å². The molecule has 122 valence electrons. The van der Waals surface area contributed by atoms with Crippen molar-refractivity contribution in [1.82, 2.24) is 5.32 Å². The maximum Gasteiger partial charge on any atom is 0.303 e. The van der Waals surface area contributed by atoms with E-state index in [0.29, 0.717) is 25.7 Å². The Hall–Kier alpha value is -2.14. The molecule has 0 saturated carbocycles. The average molecular weight is 331 g/mol. The number of hydrogen-bond donors (Lipinski definition) is 2. The van der Waals surface area contributed by atoms with Crippen LogP contribution in [0.5, 0.6) is 0 Å². The zero-order valence-corrected chi connectivity index (χ0v) is 13.7. The third-order valence-corrected chi connectivity index (χ3v) is 4.35. The van der Waals surface area contributed by atoms with Gasteiger partial charge in [0.2, 0.25) is 5.91 Å². The molecule has 0 aliphatic heterocycles. The van der Waals surface area contributed by atoms with E-state index in [1.54, 1.807) is 11.3 Å². The van der Waals surface area contributed by atoms with Gasteiger partial charge < -0.3 is 10.4 Å². The quantitative estimate of drug-likeness (QED) is 0.741. The van der Waals surface area contributed by atoms with Gasteiger partial charge in [0.25, 0.3) is 0 Å². The normalized spacial score (nSPS) is 11.8. The van der Waals surface area contributed by atoms with Gasteiger partial charge in [-0.2, -0.15) is 11.3 Å². The second-order valence-electron chi connectivity index (χ2n) is 5.52. The van der Waals surface area contributed by atoms with Crippen molar-refractivity contribution in [1.29, 1.82) is 0 Å². The fourth-order valence-electron chi connectivity index (χ4n) is 2.41. The van der Waals surface area contributed by atoms with Crippen LogP contribution >= 0.6 is 11.3 Å². The summed E-state index contributed by atoms with van der Waals surface area (Å²) >= 11 is 1.62. The van der Waals surface area contributed by atoms with Crippen LogP contribution in [0.3, 0.4) is 0 Å². The van der Waals surface area contributed by atoms with Crippen LogP contribution in [-0.2, 0) is 22.4 Å². The van der Waals surface area contributed by atoms with Crippen LogP contribution in [0, 0.1) is 0 Å². The fourth-order valence-corrected chi connectivity index (χ4v) is 3.12. The van der Waals surface area contributed by atoms with Gasteiger partial charge in [0.1, 0.15) is 0 Å². The van der Waals surface area contributed by atoms with Crippen LogP contribution in [0.25, 0.3) is 0 Å². The fraction of sp³-hybridized carbons (Fsp3) is 0.333. The first-order chi connectivity index (χ1) is 11.1. The van der Waals surface area contributed by atoms with Crippen LogP contribution in [0.15, 0.2) is 47.2 Å². The van der Waals surface area contributed by atoms with Gasteiger partial charge in [-0.05, 0) is 47.2 Å². The van der Waals surface area contributed by atoms with Gasteiger partial charge in [-0.25, -0.2) is 0 Å². The summed E-state index contributed by atoms with van der Waals surface area (Å²) in [7, 11) is 0. The third-order valence-electron chi connectivity index (χ3n) is 3.62. The van der Waals surface area contributed by atoms with E-state index in [1.807, 2.05) is 47.2 Å². The Balaban J connectivity index is 1.87. The Morgan fingerprint density at radius 3 is 2.52 bits per heavy atom. The van der Waals surface area contributed by atoms with E-state index in [0.717, 1.165) is 11.1 Å². The van der Waals surface area contributed by atoms with Crippen LogP contribution in [0.1, 0.15) is 30.4 Å². The van der Waals surface area contributed by atoms with Crippen LogP contribution in [0.2, 0.25) is 0 Å². The largest absolute Gasteiger partial charge is 0.481 e. The van der Waals surface area contributed by atoms with Crippen molar-refractivity contribution >= 4 is 23.2 Å². The molecule has 0 spiro atoms. The highest BCUT2D eigenvalue weighted by Gasteiger charge is 2.14. The number of carbonyl (C=O) groups excluding carboxylic acids is 1. The number of aliphatic carboxylic acids is 1. The molecule has 1 aromatic heterocycles. The summed E-state index contributed by atoms with van der Waals surface area (Å²) in [5.74, 6) is -0.863. The third kappa shape index (κ3) is 6.65. The van der Waals surface area contributed by atoms with Crippen molar-refractivity contribution < 1.29 is 14.7 Å². The standard InChI is InChI=1S/C18H21NO3S/c20-17(8-6-15-10-11-23-13-15)19-16(7-9-18(21)22)12-14-4-2-1-3-5-14/h1-5,10-11,13,16H,6-9,12H2,(H,19,20)(H,21,22). The van der Waals surface area contributed by atoms with E-state index in [4.69, 9.17) is 5.11 Å². The molecule has 2 N–H and O–H groups in total. The Morgan fingerprint density at radius 2 is 1.87 bits per heavy atom. The Bertz CT molecular complexity index is 610. The second kappa shape index (κ2) is 9.10. The van der Waals surface area contributed by atoms with Crippen molar-refractivity contribution in [2.75, 3.05) is 0 Å². The predicted molar refractivity (Wildman–Crippen MR) is 91.6 cm³/mol. The smallest absolute Gasteiger partial charge is 0.303 e. The number of carboxylic acids is 1. The Labute approximate surface area is 140 Å². The lowest BCUT2D eigenvalue weighted by Crippen LogP contribution is -2.37. The first-order valence-electron chi connectivity index (χ1n) is 7.69. The van der Waals surface area contributed by atoms with Crippen molar-refractivity contribution in [2.24, 2.45) is 0 Å². The van der Waals surface area contributed by atoms with E-state index in [1.165, 1.54) is 0 Å². The number of rotatable bonds is 9. The molecule has 4 nitrogen and oxygen atoms in total. The first kappa shape index (κ1) is 17.2. The Morgan fingerprint density at radius 1 is 1.09 bits per heavy atom. The van der Waals surface area contributed by atoms with E-state index < -0.39 is 5.97 Å². The van der Waals surface area contributed by atoms with E-state index in [9.17, 15) is 9.59 Å². The zero-order chi connectivity index (χ0) is 16.5. The number of amides is 1. The summed E-state index contributed by atoms with van der Waals surface area (Å²) < 4.78 is 0. The van der Waals surface area contributed by atoms with Gasteiger partial charge in [-0.15, -0.1) is 0 Å². The summed E-state index contributed by atoms with van der Waals surface area (Å²) in [5.41, 5.74) is 2.26. The predicted octanol–water partition coefficient (Wildman–Crippen LogP) is 3.27. The summed E-state index contributed by atoms with van der Waals surface area (Å²) in [6.07, 6.45) is 2.29. The summed E-state index contributed by atoms with van der Waals surface area (Å²) in [6.45, 7) is 0. The highest BCUT2D eigenvalue weighted by molar-refractivity contribution is 7.07. The van der Waals surface area contributed by atoms with Gasteiger partial charge in [-0.3, -0.25) is 9.59 Å². The molecule has 1 unspecified atom stereocenters. The molecule has 2 rings (SSSR count). The summed E-state index contributed by atoms with van der Waals surface area (Å²) in [4.78, 5) is 22.9. The molecule has 1 aromatic carbocycles. The van der Waals surface area contributed by atoms with E-state index in [-0.39, 0.29) is 18.4 Å².